The number of halogens is 1. The zero-order valence-corrected chi connectivity index (χ0v) is 18.8. The smallest absolute Gasteiger partial charge is 0.272 e. The number of benzene rings is 1. The Labute approximate surface area is 193 Å². The number of pyridine rings is 1. The lowest BCUT2D eigenvalue weighted by molar-refractivity contribution is 0.00552. The molecule has 1 saturated heterocycles. The number of hydrogen-bond acceptors (Lipinski definition) is 7. The lowest BCUT2D eigenvalue weighted by Gasteiger charge is -2.35. The van der Waals surface area contributed by atoms with Crippen molar-refractivity contribution in [2.24, 2.45) is 5.73 Å². The summed E-state index contributed by atoms with van der Waals surface area (Å²) in [6.07, 6.45) is -0.518. The summed E-state index contributed by atoms with van der Waals surface area (Å²) in [7, 11) is 0. The van der Waals surface area contributed by atoms with Crippen LogP contribution in [0.25, 0.3) is 10.4 Å². The van der Waals surface area contributed by atoms with Crippen LogP contribution >= 0.6 is 11.3 Å². The minimum absolute atomic E-state index is 0.158. The van der Waals surface area contributed by atoms with Crippen molar-refractivity contribution < 1.29 is 24.2 Å². The Kier molecular flexibility index (Phi) is 5.91. The third kappa shape index (κ3) is 4.72. The molecule has 8 nitrogen and oxygen atoms in total. The predicted molar refractivity (Wildman–Crippen MR) is 123 cm³/mol. The van der Waals surface area contributed by atoms with Crippen molar-refractivity contribution in [3.63, 3.8) is 0 Å². The molecule has 0 radical (unpaired) electrons. The number of nitrogens with zero attached hydrogens (tertiary/aromatic N) is 2. The second-order valence-corrected chi connectivity index (χ2v) is 9.42. The number of β-amino-alcohol motifs (C(OH)–C–C–N with tert-alkyl or cyclic N) is 1. The third-order valence-corrected chi connectivity index (χ3v) is 6.38. The zero-order valence-electron chi connectivity index (χ0n) is 18.0. The second-order valence-electron chi connectivity index (χ2n) is 8.37. The fraction of sp³-hybridized carbons (Fsp3) is 0.261. The first kappa shape index (κ1) is 22.8. The molecular formula is C23H23FN4O4S. The van der Waals surface area contributed by atoms with Crippen LogP contribution in [0.5, 0.6) is 0 Å². The van der Waals surface area contributed by atoms with Crippen LogP contribution in [0, 0.1) is 5.82 Å². The minimum atomic E-state index is -1.19. The van der Waals surface area contributed by atoms with Crippen LogP contribution in [0.3, 0.4) is 0 Å². The molecule has 1 aromatic carbocycles. The maximum Gasteiger partial charge on any atom is 0.272 e. The fourth-order valence-electron chi connectivity index (χ4n) is 3.42. The van der Waals surface area contributed by atoms with Gasteiger partial charge in [-0.3, -0.25) is 9.59 Å². The van der Waals surface area contributed by atoms with Crippen LogP contribution in [0.1, 0.15) is 40.3 Å². The number of nitrogens with one attached hydrogen (secondary N) is 1. The molecule has 3 aromatic rings. The number of aromatic nitrogens is 1. The number of aliphatic hydroxyl groups excluding tert-OH is 1. The maximum absolute atomic E-state index is 14.8. The maximum atomic E-state index is 14.8. The Hall–Kier alpha value is -3.34. The number of likely N-dealkylation sites (tertiary alicyclic amines) is 1. The third-order valence-electron chi connectivity index (χ3n) is 5.30. The molecule has 0 bridgehead atoms. The molecule has 172 valence electrons. The van der Waals surface area contributed by atoms with Gasteiger partial charge in [0.05, 0.1) is 17.3 Å². The van der Waals surface area contributed by atoms with E-state index in [2.05, 4.69) is 10.3 Å². The van der Waals surface area contributed by atoms with Crippen molar-refractivity contribution in [3.05, 3.63) is 65.1 Å². The molecule has 0 unspecified atom stereocenters. The van der Waals surface area contributed by atoms with E-state index in [-0.39, 0.29) is 35.8 Å². The van der Waals surface area contributed by atoms with Gasteiger partial charge in [-0.25, -0.2) is 9.37 Å². The van der Waals surface area contributed by atoms with Gasteiger partial charge in [0.2, 0.25) is 0 Å². The first-order valence-electron chi connectivity index (χ1n) is 10.2. The molecule has 0 atom stereocenters. The number of rotatable bonds is 6. The summed E-state index contributed by atoms with van der Waals surface area (Å²) in [5, 5.41) is 22.9. The van der Waals surface area contributed by atoms with Gasteiger partial charge in [0.25, 0.3) is 11.8 Å². The molecule has 1 fully saturated rings. The lowest BCUT2D eigenvalue weighted by Crippen LogP contribution is -2.53. The summed E-state index contributed by atoms with van der Waals surface area (Å²) >= 11 is 1.12. The van der Waals surface area contributed by atoms with Crippen LogP contribution in [0.2, 0.25) is 0 Å². The largest absolute Gasteiger partial charge is 0.389 e. The topological polar surface area (TPSA) is 129 Å². The van der Waals surface area contributed by atoms with Crippen molar-refractivity contribution in [3.8, 4) is 10.4 Å². The molecule has 10 heteroatoms. The molecule has 3 heterocycles. The highest BCUT2D eigenvalue weighted by atomic mass is 32.1. The van der Waals surface area contributed by atoms with Gasteiger partial charge in [0.15, 0.2) is 0 Å². The highest BCUT2D eigenvalue weighted by molar-refractivity contribution is 7.19. The average Bonchev–Trinajstić information content (AvgIpc) is 3.14. The number of hydrogen-bond donors (Lipinski definition) is 4. The number of carbonyl (C=O) groups excluding carboxylic acids is 2. The molecule has 0 saturated carbocycles. The molecule has 5 N–H and O–H groups in total. The highest BCUT2D eigenvalue weighted by Crippen LogP contribution is 2.38. The van der Waals surface area contributed by atoms with Gasteiger partial charge in [-0.15, -0.1) is 11.3 Å². The number of anilines is 2. The van der Waals surface area contributed by atoms with Crippen LogP contribution < -0.4 is 11.1 Å². The molecule has 0 aliphatic carbocycles. The molecule has 1 aliphatic rings. The number of aliphatic hydroxyl groups is 2. The summed E-state index contributed by atoms with van der Waals surface area (Å²) in [4.78, 5) is 30.7. The monoisotopic (exact) mass is 470 g/mol. The van der Waals surface area contributed by atoms with Gasteiger partial charge < -0.3 is 26.2 Å². The van der Waals surface area contributed by atoms with Gasteiger partial charge in [-0.2, -0.15) is 0 Å². The summed E-state index contributed by atoms with van der Waals surface area (Å²) in [6.45, 7) is 3.65. The molecule has 2 amide bonds. The minimum Gasteiger partial charge on any atom is -0.389 e. The molecule has 1 aliphatic heterocycles. The van der Waals surface area contributed by atoms with Crippen molar-refractivity contribution in [1.82, 2.24) is 9.88 Å². The van der Waals surface area contributed by atoms with Crippen LogP contribution in [-0.4, -0.2) is 51.1 Å². The van der Waals surface area contributed by atoms with Gasteiger partial charge >= 0.3 is 0 Å². The molecular weight excluding hydrogens is 447 g/mol. The van der Waals surface area contributed by atoms with Crippen molar-refractivity contribution in [2.45, 2.75) is 25.6 Å². The van der Waals surface area contributed by atoms with E-state index in [0.29, 0.717) is 21.3 Å². The fourth-order valence-corrected chi connectivity index (χ4v) is 4.52. The Balaban J connectivity index is 1.63. The van der Waals surface area contributed by atoms with Crippen molar-refractivity contribution >= 4 is 34.0 Å². The van der Waals surface area contributed by atoms with E-state index in [1.54, 1.807) is 44.2 Å². The van der Waals surface area contributed by atoms with Crippen molar-refractivity contribution in [2.75, 3.05) is 18.4 Å². The van der Waals surface area contributed by atoms with E-state index in [4.69, 9.17) is 5.73 Å². The molecule has 2 aromatic heterocycles. The summed E-state index contributed by atoms with van der Waals surface area (Å²) in [5.74, 6) is -1.23. The van der Waals surface area contributed by atoms with Crippen molar-refractivity contribution in [1.29, 1.82) is 0 Å². The van der Waals surface area contributed by atoms with Gasteiger partial charge in [0.1, 0.15) is 22.3 Å². The highest BCUT2D eigenvalue weighted by Gasteiger charge is 2.30. The van der Waals surface area contributed by atoms with Crippen LogP contribution in [0.4, 0.5) is 15.2 Å². The quantitative estimate of drug-likeness (QED) is 0.439. The van der Waals surface area contributed by atoms with E-state index in [9.17, 15) is 24.2 Å². The number of amides is 2. The molecule has 33 heavy (non-hydrogen) atoms. The van der Waals surface area contributed by atoms with E-state index in [1.165, 1.54) is 17.0 Å². The zero-order chi connectivity index (χ0) is 23.9. The summed E-state index contributed by atoms with van der Waals surface area (Å²) in [6, 6.07) is 10.8. The first-order chi connectivity index (χ1) is 15.5. The SMILES string of the molecule is CC(C)(O)c1ccc(-c2cc(C(N)=O)c(Nc3cccc(C(=O)N4CC(O)C4)n3)s2)c(F)c1. The average molecular weight is 471 g/mol. The lowest BCUT2D eigenvalue weighted by atomic mass is 9.96. The number of thiophene rings is 1. The second kappa shape index (κ2) is 8.54. The number of carbonyl (C=O) groups is 2. The predicted octanol–water partition coefficient (Wildman–Crippen LogP) is 2.84. The summed E-state index contributed by atoms with van der Waals surface area (Å²) < 4.78 is 14.8. The standard InChI is InChI=1S/C23H23FN4O4S/c1-23(2,32)12-6-7-14(16(24)8-12)18-9-15(20(25)30)21(33-18)27-19-5-3-4-17(26-19)22(31)28-10-13(29)11-28/h3-9,13,29,32H,10-11H2,1-2H3,(H2,25,30)(H,26,27). The van der Waals surface area contributed by atoms with E-state index in [0.717, 1.165) is 11.3 Å². The van der Waals surface area contributed by atoms with E-state index in [1.807, 2.05) is 0 Å². The normalized spacial score (nSPS) is 14.2. The number of primary amides is 1. The Morgan fingerprint density at radius 1 is 1.24 bits per heavy atom. The first-order valence-corrected chi connectivity index (χ1v) is 11.0. The number of nitrogens with two attached hydrogens (primary N) is 1. The van der Waals surface area contributed by atoms with Crippen LogP contribution in [0.15, 0.2) is 42.5 Å². The van der Waals surface area contributed by atoms with Crippen LogP contribution in [-0.2, 0) is 5.60 Å². The Morgan fingerprint density at radius 2 is 1.97 bits per heavy atom. The van der Waals surface area contributed by atoms with Gasteiger partial charge in [-0.05, 0) is 43.7 Å². The van der Waals surface area contributed by atoms with Gasteiger partial charge in [-0.1, -0.05) is 18.2 Å². The Bertz CT molecular complexity index is 1230. The van der Waals surface area contributed by atoms with Gasteiger partial charge in [0, 0.05) is 23.5 Å². The molecule has 4 rings (SSSR count). The van der Waals surface area contributed by atoms with E-state index >= 15 is 0 Å². The summed E-state index contributed by atoms with van der Waals surface area (Å²) in [5.41, 5.74) is 5.38. The Morgan fingerprint density at radius 3 is 2.58 bits per heavy atom. The van der Waals surface area contributed by atoms with E-state index < -0.39 is 23.4 Å². The molecule has 0 spiro atoms.